The van der Waals surface area contributed by atoms with Crippen molar-refractivity contribution in [3.05, 3.63) is 131 Å². The molecule has 0 N–H and O–H groups in total. The van der Waals surface area contributed by atoms with Crippen LogP contribution in [0, 0.1) is 11.3 Å². The zero-order valence-corrected chi connectivity index (χ0v) is 20.8. The lowest BCUT2D eigenvalue weighted by Gasteiger charge is -2.51. The number of ether oxygens (including phenoxy) is 1. The van der Waals surface area contributed by atoms with Crippen LogP contribution in [0.3, 0.4) is 0 Å². The first kappa shape index (κ1) is 22.7. The maximum Gasteiger partial charge on any atom is 0.315 e. The Balaban J connectivity index is 1.21. The minimum atomic E-state index is -0.884. The standard InChI is InChI=1S/C33H25NO4/c1-33-29-25-13-7-5-11-23(25)28(24-12-6-8-14-26(24)29)30(33)31(36)34(32(33)37)21-15-17-22(18-16-21)38-27(35)19-20-9-3-2-4-10-20/h2-18,28-30H,19H2,1H3. The van der Waals surface area contributed by atoms with E-state index < -0.39 is 11.3 Å². The van der Waals surface area contributed by atoms with Crippen LogP contribution in [0.15, 0.2) is 103 Å². The van der Waals surface area contributed by atoms with Gasteiger partial charge in [-0.25, -0.2) is 4.90 Å². The monoisotopic (exact) mass is 499 g/mol. The Morgan fingerprint density at radius 2 is 1.32 bits per heavy atom. The van der Waals surface area contributed by atoms with Crippen molar-refractivity contribution in [3.63, 3.8) is 0 Å². The molecule has 2 atom stereocenters. The fourth-order valence-corrected chi connectivity index (χ4v) is 6.95. The molecule has 1 fully saturated rings. The number of anilines is 1. The van der Waals surface area contributed by atoms with E-state index in [1.807, 2.05) is 61.5 Å². The number of amides is 2. The van der Waals surface area contributed by atoms with Gasteiger partial charge in [0.05, 0.1) is 23.4 Å². The Labute approximate surface area is 220 Å². The first-order valence-corrected chi connectivity index (χ1v) is 12.9. The molecule has 38 heavy (non-hydrogen) atoms. The summed E-state index contributed by atoms with van der Waals surface area (Å²) in [5.74, 6) is -1.19. The zero-order chi connectivity index (χ0) is 26.0. The van der Waals surface area contributed by atoms with Crippen LogP contribution in [0.2, 0.25) is 0 Å². The Morgan fingerprint density at radius 3 is 1.92 bits per heavy atom. The molecule has 0 aromatic heterocycles. The smallest absolute Gasteiger partial charge is 0.315 e. The molecule has 2 bridgehead atoms. The molecule has 0 saturated carbocycles. The summed E-state index contributed by atoms with van der Waals surface area (Å²) in [6.45, 7) is 1.96. The summed E-state index contributed by atoms with van der Waals surface area (Å²) in [6, 6.07) is 32.5. The lowest BCUT2D eigenvalue weighted by molar-refractivity contribution is -0.133. The van der Waals surface area contributed by atoms with Gasteiger partial charge in [-0.1, -0.05) is 78.9 Å². The lowest BCUT2D eigenvalue weighted by Crippen LogP contribution is -2.49. The van der Waals surface area contributed by atoms with Gasteiger partial charge in [0.1, 0.15) is 5.75 Å². The van der Waals surface area contributed by atoms with E-state index in [4.69, 9.17) is 4.74 Å². The van der Waals surface area contributed by atoms with Gasteiger partial charge >= 0.3 is 5.97 Å². The summed E-state index contributed by atoms with van der Waals surface area (Å²) >= 11 is 0. The van der Waals surface area contributed by atoms with E-state index in [2.05, 4.69) is 24.3 Å². The Bertz CT molecular complexity index is 1560. The predicted molar refractivity (Wildman–Crippen MR) is 143 cm³/mol. The van der Waals surface area contributed by atoms with E-state index in [1.54, 1.807) is 24.3 Å². The molecule has 4 aromatic rings. The largest absolute Gasteiger partial charge is 0.426 e. The quantitative estimate of drug-likeness (QED) is 0.208. The summed E-state index contributed by atoms with van der Waals surface area (Å²) in [7, 11) is 0. The Kier molecular flexibility index (Phi) is 4.92. The zero-order valence-electron chi connectivity index (χ0n) is 20.8. The molecule has 1 heterocycles. The van der Waals surface area contributed by atoms with Crippen molar-refractivity contribution >= 4 is 23.5 Å². The molecular weight excluding hydrogens is 474 g/mol. The summed E-state index contributed by atoms with van der Waals surface area (Å²) < 4.78 is 5.51. The fraction of sp³-hybridized carbons (Fsp3) is 0.182. The molecule has 1 aliphatic heterocycles. The molecule has 0 spiro atoms. The Morgan fingerprint density at radius 1 is 0.763 bits per heavy atom. The van der Waals surface area contributed by atoms with E-state index in [-0.39, 0.29) is 36.0 Å². The Hall–Kier alpha value is -4.51. The van der Waals surface area contributed by atoms with Gasteiger partial charge in [-0.2, -0.15) is 0 Å². The fourth-order valence-electron chi connectivity index (χ4n) is 6.95. The van der Waals surface area contributed by atoms with Crippen LogP contribution in [-0.2, 0) is 20.8 Å². The van der Waals surface area contributed by atoms with Crippen LogP contribution in [0.4, 0.5) is 5.69 Å². The van der Waals surface area contributed by atoms with Crippen molar-refractivity contribution < 1.29 is 19.1 Å². The number of nitrogens with zero attached hydrogens (tertiary/aromatic N) is 1. The number of hydrogen-bond acceptors (Lipinski definition) is 4. The van der Waals surface area contributed by atoms with Crippen molar-refractivity contribution in [1.82, 2.24) is 0 Å². The average Bonchev–Trinajstić information content (AvgIpc) is 3.15. The molecule has 4 aliphatic rings. The van der Waals surface area contributed by atoms with Crippen LogP contribution < -0.4 is 9.64 Å². The summed E-state index contributed by atoms with van der Waals surface area (Å²) in [5.41, 5.74) is 5.04. The second-order valence-electron chi connectivity index (χ2n) is 10.5. The molecule has 3 aliphatic carbocycles. The highest BCUT2D eigenvalue weighted by molar-refractivity contribution is 6.25. The molecule has 5 nitrogen and oxygen atoms in total. The van der Waals surface area contributed by atoms with Gasteiger partial charge in [0.25, 0.3) is 0 Å². The van der Waals surface area contributed by atoms with Crippen LogP contribution in [0.25, 0.3) is 0 Å². The van der Waals surface area contributed by atoms with Crippen molar-refractivity contribution in [2.45, 2.75) is 25.2 Å². The highest BCUT2D eigenvalue weighted by Gasteiger charge is 2.68. The number of carbonyl (C=O) groups excluding carboxylic acids is 3. The second kappa shape index (κ2) is 8.25. The first-order chi connectivity index (χ1) is 18.5. The van der Waals surface area contributed by atoms with E-state index >= 15 is 0 Å². The number of benzene rings is 4. The SMILES string of the molecule is CC12C(=O)N(c3ccc(OC(=O)Cc4ccccc4)cc3)C(=O)C1C1c3ccccc3C2c2ccccc21. The van der Waals surface area contributed by atoms with Crippen molar-refractivity contribution in [2.24, 2.45) is 11.3 Å². The van der Waals surface area contributed by atoms with Crippen molar-refractivity contribution in [1.29, 1.82) is 0 Å². The highest BCUT2D eigenvalue weighted by Crippen LogP contribution is 2.67. The molecule has 0 radical (unpaired) electrons. The van der Waals surface area contributed by atoms with Gasteiger partial charge in [-0.3, -0.25) is 14.4 Å². The number of imide groups is 1. The third-order valence-electron chi connectivity index (χ3n) is 8.53. The normalized spacial score (nSPS) is 24.6. The van der Waals surface area contributed by atoms with Gasteiger partial charge in [-0.15, -0.1) is 0 Å². The van der Waals surface area contributed by atoms with Gasteiger partial charge in [0, 0.05) is 11.8 Å². The molecule has 1 saturated heterocycles. The van der Waals surface area contributed by atoms with Crippen molar-refractivity contribution in [2.75, 3.05) is 4.90 Å². The van der Waals surface area contributed by atoms with Gasteiger partial charge < -0.3 is 4.74 Å². The maximum absolute atomic E-state index is 14.2. The average molecular weight is 500 g/mol. The van der Waals surface area contributed by atoms with Crippen LogP contribution in [0.1, 0.15) is 46.6 Å². The minimum absolute atomic E-state index is 0.162. The predicted octanol–water partition coefficient (Wildman–Crippen LogP) is 5.62. The van der Waals surface area contributed by atoms with E-state index in [9.17, 15) is 14.4 Å². The van der Waals surface area contributed by atoms with Gasteiger partial charge in [-0.05, 0) is 59.0 Å². The third-order valence-corrected chi connectivity index (χ3v) is 8.53. The van der Waals surface area contributed by atoms with Crippen LogP contribution >= 0.6 is 0 Å². The van der Waals surface area contributed by atoms with E-state index in [1.165, 1.54) is 4.90 Å². The number of rotatable bonds is 4. The van der Waals surface area contributed by atoms with E-state index in [0.29, 0.717) is 11.4 Å². The maximum atomic E-state index is 14.2. The van der Waals surface area contributed by atoms with Gasteiger partial charge in [0.2, 0.25) is 11.8 Å². The topological polar surface area (TPSA) is 63.7 Å². The number of carbonyl (C=O) groups is 3. The minimum Gasteiger partial charge on any atom is -0.426 e. The number of hydrogen-bond donors (Lipinski definition) is 0. The van der Waals surface area contributed by atoms with Crippen molar-refractivity contribution in [3.8, 4) is 5.75 Å². The molecular formula is C33H25NO4. The van der Waals surface area contributed by atoms with Crippen LogP contribution in [0.5, 0.6) is 5.75 Å². The molecule has 8 rings (SSSR count). The first-order valence-electron chi connectivity index (χ1n) is 12.9. The highest BCUT2D eigenvalue weighted by atomic mass is 16.5. The summed E-state index contributed by atoms with van der Waals surface area (Å²) in [6.07, 6.45) is 0.162. The number of esters is 1. The molecule has 2 amide bonds. The van der Waals surface area contributed by atoms with Crippen LogP contribution in [-0.4, -0.2) is 17.8 Å². The second-order valence-corrected chi connectivity index (χ2v) is 10.5. The lowest BCUT2D eigenvalue weighted by atomic mass is 9.48. The van der Waals surface area contributed by atoms with E-state index in [0.717, 1.165) is 27.8 Å². The molecule has 186 valence electrons. The summed E-state index contributed by atoms with van der Waals surface area (Å²) in [5, 5.41) is 0. The third kappa shape index (κ3) is 3.08. The molecule has 5 heteroatoms. The summed E-state index contributed by atoms with van der Waals surface area (Å²) in [4.78, 5) is 42.0. The molecule has 4 aromatic carbocycles. The van der Waals surface area contributed by atoms with Gasteiger partial charge in [0.15, 0.2) is 0 Å². The molecule has 2 unspecified atom stereocenters.